The van der Waals surface area contributed by atoms with Gasteiger partial charge in [0.25, 0.3) is 11.5 Å². The van der Waals surface area contributed by atoms with E-state index in [0.717, 1.165) is 16.3 Å². The number of pyridine rings is 1. The average Bonchev–Trinajstić information content (AvgIpc) is 3.14. The van der Waals surface area contributed by atoms with E-state index in [-0.39, 0.29) is 46.4 Å². The minimum absolute atomic E-state index is 0.0242. The number of hydrogen-bond donors (Lipinski definition) is 1. The van der Waals surface area contributed by atoms with Gasteiger partial charge in [0.15, 0.2) is 5.78 Å². The first-order chi connectivity index (χ1) is 17.7. The fourth-order valence-corrected chi connectivity index (χ4v) is 5.25. The molecule has 7 nitrogen and oxygen atoms in total. The van der Waals surface area contributed by atoms with Crippen LogP contribution in [0.5, 0.6) is 5.88 Å². The number of amides is 1. The molecule has 0 radical (unpaired) electrons. The summed E-state index contributed by atoms with van der Waals surface area (Å²) in [6.07, 6.45) is 1.40. The minimum atomic E-state index is -0.694. The Balaban J connectivity index is 1.57. The molecule has 1 amide bonds. The highest BCUT2D eigenvalue weighted by atomic mass is 32.2. The molecule has 2 heterocycles. The Morgan fingerprint density at radius 2 is 1.84 bits per heavy atom. The molecule has 1 aliphatic heterocycles. The van der Waals surface area contributed by atoms with Crippen LogP contribution >= 0.6 is 24.0 Å². The molecule has 0 aliphatic carbocycles. The van der Waals surface area contributed by atoms with Crippen molar-refractivity contribution in [1.29, 1.82) is 5.26 Å². The molecule has 10 heteroatoms. The second kappa shape index (κ2) is 10.9. The second-order valence-electron chi connectivity index (χ2n) is 8.25. The number of Topliss-reactive ketones (excluding diaryl/α,β-unsaturated/α-hetero) is 1. The van der Waals surface area contributed by atoms with Crippen molar-refractivity contribution >= 4 is 46.1 Å². The van der Waals surface area contributed by atoms with Crippen molar-refractivity contribution in [2.45, 2.75) is 19.9 Å². The van der Waals surface area contributed by atoms with E-state index in [9.17, 15) is 29.1 Å². The Labute approximate surface area is 221 Å². The van der Waals surface area contributed by atoms with Gasteiger partial charge in [0.1, 0.15) is 21.8 Å². The summed E-state index contributed by atoms with van der Waals surface area (Å²) in [7, 11) is 0. The van der Waals surface area contributed by atoms with Crippen LogP contribution in [0, 0.1) is 24.1 Å². The molecule has 1 saturated heterocycles. The van der Waals surface area contributed by atoms with Crippen molar-refractivity contribution in [1.82, 2.24) is 9.47 Å². The molecule has 1 aromatic heterocycles. The highest BCUT2D eigenvalue weighted by Crippen LogP contribution is 2.33. The maximum absolute atomic E-state index is 13.2. The number of aromatic nitrogens is 1. The van der Waals surface area contributed by atoms with E-state index in [1.165, 1.54) is 36.1 Å². The Bertz CT molecular complexity index is 1540. The molecule has 1 fully saturated rings. The van der Waals surface area contributed by atoms with Crippen molar-refractivity contribution in [2.24, 2.45) is 0 Å². The summed E-state index contributed by atoms with van der Waals surface area (Å²) in [5.41, 5.74) is 0.353. The lowest BCUT2D eigenvalue weighted by atomic mass is 9.99. The van der Waals surface area contributed by atoms with E-state index >= 15 is 0 Å². The Kier molecular flexibility index (Phi) is 7.66. The number of nitrogens with zero attached hydrogens (tertiary/aromatic N) is 3. The highest BCUT2D eigenvalue weighted by molar-refractivity contribution is 8.26. The van der Waals surface area contributed by atoms with Gasteiger partial charge in [-0.05, 0) is 41.8 Å². The van der Waals surface area contributed by atoms with E-state index in [1.807, 2.05) is 6.07 Å². The molecule has 186 valence electrons. The maximum Gasteiger partial charge on any atom is 0.271 e. The minimum Gasteiger partial charge on any atom is -0.494 e. The quantitative estimate of drug-likeness (QED) is 0.273. The summed E-state index contributed by atoms with van der Waals surface area (Å²) in [4.78, 5) is 40.6. The van der Waals surface area contributed by atoms with Gasteiger partial charge < -0.3 is 5.11 Å². The topological polar surface area (TPSA) is 103 Å². The molecule has 0 bridgehead atoms. The van der Waals surface area contributed by atoms with E-state index < -0.39 is 23.0 Å². The molecule has 0 atom stereocenters. The summed E-state index contributed by atoms with van der Waals surface area (Å²) in [5, 5.41) is 20.5. The van der Waals surface area contributed by atoms with Gasteiger partial charge in [0.2, 0.25) is 5.88 Å². The molecule has 1 aliphatic rings. The number of ketones is 1. The summed E-state index contributed by atoms with van der Waals surface area (Å²) in [6.45, 7) is 1.36. The third-order valence-corrected chi connectivity index (χ3v) is 7.24. The van der Waals surface area contributed by atoms with Crippen LogP contribution in [0.2, 0.25) is 0 Å². The van der Waals surface area contributed by atoms with Gasteiger partial charge in [-0.2, -0.15) is 5.26 Å². The van der Waals surface area contributed by atoms with Gasteiger partial charge in [-0.15, -0.1) is 0 Å². The smallest absolute Gasteiger partial charge is 0.271 e. The van der Waals surface area contributed by atoms with Gasteiger partial charge in [-0.1, -0.05) is 66.4 Å². The van der Waals surface area contributed by atoms with Crippen LogP contribution < -0.4 is 5.56 Å². The van der Waals surface area contributed by atoms with Crippen LogP contribution in [-0.2, 0) is 11.3 Å². The van der Waals surface area contributed by atoms with Crippen molar-refractivity contribution in [3.05, 3.63) is 103 Å². The molecule has 0 saturated carbocycles. The standard InChI is InChI=1S/C27H20FN3O4S2/c1-16-20(14-29)24(33)31(15-18-5-3-2-4-6-18)26(35)23(16)21(32)11-12-30-25(34)22(37-27(30)36)13-17-7-9-19(28)10-8-17/h2-10,13,35H,11-12,15H2,1H3/b22-13-. The zero-order valence-corrected chi connectivity index (χ0v) is 21.2. The SMILES string of the molecule is Cc1c(C(=O)CCN2C(=O)/C(=C/c3ccc(F)cc3)SC2=S)c(O)n(Cc2ccccc2)c(=O)c1C#N. The molecule has 1 N–H and O–H groups in total. The number of carbonyl (C=O) groups excluding carboxylic acids is 2. The van der Waals surface area contributed by atoms with Gasteiger partial charge >= 0.3 is 0 Å². The van der Waals surface area contributed by atoms with Gasteiger partial charge in [0.05, 0.1) is 17.0 Å². The third-order valence-electron chi connectivity index (χ3n) is 5.87. The first kappa shape index (κ1) is 26.0. The lowest BCUT2D eigenvalue weighted by Gasteiger charge is -2.17. The molecule has 4 rings (SSSR count). The van der Waals surface area contributed by atoms with Gasteiger partial charge in [-0.25, -0.2) is 4.39 Å². The molecule has 37 heavy (non-hydrogen) atoms. The molecule has 0 unspecified atom stereocenters. The Morgan fingerprint density at radius 3 is 2.49 bits per heavy atom. The summed E-state index contributed by atoms with van der Waals surface area (Å²) < 4.78 is 14.4. The number of carbonyl (C=O) groups is 2. The number of thiocarbonyl (C=S) groups is 1. The highest BCUT2D eigenvalue weighted by Gasteiger charge is 2.33. The van der Waals surface area contributed by atoms with Crippen LogP contribution in [0.1, 0.15) is 39.0 Å². The third kappa shape index (κ3) is 5.38. The summed E-state index contributed by atoms with van der Waals surface area (Å²) in [6, 6.07) is 16.3. The lowest BCUT2D eigenvalue weighted by molar-refractivity contribution is -0.122. The van der Waals surface area contributed by atoms with E-state index in [0.29, 0.717) is 16.0 Å². The molecule has 3 aromatic rings. The number of nitriles is 1. The maximum atomic E-state index is 13.2. The van der Waals surface area contributed by atoms with Crippen molar-refractivity contribution < 1.29 is 19.1 Å². The number of halogens is 1. The zero-order chi connectivity index (χ0) is 26.7. The summed E-state index contributed by atoms with van der Waals surface area (Å²) >= 11 is 6.39. The molecular weight excluding hydrogens is 513 g/mol. The first-order valence-corrected chi connectivity index (χ1v) is 12.4. The Hall–Kier alpha value is -4.07. The molecule has 2 aromatic carbocycles. The molecular formula is C27H20FN3O4S2. The summed E-state index contributed by atoms with van der Waals surface area (Å²) in [5.74, 6) is -1.85. The van der Waals surface area contributed by atoms with Gasteiger partial charge in [-0.3, -0.25) is 23.9 Å². The predicted molar refractivity (Wildman–Crippen MR) is 143 cm³/mol. The predicted octanol–water partition coefficient (Wildman–Crippen LogP) is 4.40. The van der Waals surface area contributed by atoms with E-state index in [2.05, 4.69) is 0 Å². The zero-order valence-electron chi connectivity index (χ0n) is 19.6. The fourth-order valence-electron chi connectivity index (χ4n) is 3.94. The second-order valence-corrected chi connectivity index (χ2v) is 9.92. The number of hydrogen-bond acceptors (Lipinski definition) is 7. The number of benzene rings is 2. The monoisotopic (exact) mass is 533 g/mol. The van der Waals surface area contributed by atoms with Crippen LogP contribution in [0.25, 0.3) is 6.08 Å². The fraction of sp³-hybridized carbons (Fsp3) is 0.148. The van der Waals surface area contributed by atoms with Crippen LogP contribution in [0.3, 0.4) is 0 Å². The van der Waals surface area contributed by atoms with Crippen molar-refractivity contribution in [3.8, 4) is 11.9 Å². The van der Waals surface area contributed by atoms with Crippen LogP contribution in [0.4, 0.5) is 4.39 Å². The van der Waals surface area contributed by atoms with Crippen LogP contribution in [0.15, 0.2) is 64.3 Å². The molecule has 0 spiro atoms. The van der Waals surface area contributed by atoms with Crippen LogP contribution in [-0.4, -0.2) is 37.1 Å². The van der Waals surface area contributed by atoms with Crippen molar-refractivity contribution in [3.63, 3.8) is 0 Å². The normalized spacial score (nSPS) is 14.3. The van der Waals surface area contributed by atoms with Crippen molar-refractivity contribution in [2.75, 3.05) is 6.54 Å². The largest absolute Gasteiger partial charge is 0.494 e. The Morgan fingerprint density at radius 1 is 1.16 bits per heavy atom. The number of thioether (sulfide) groups is 1. The number of rotatable bonds is 7. The number of aromatic hydroxyl groups is 1. The van der Waals surface area contributed by atoms with E-state index in [1.54, 1.807) is 36.4 Å². The average molecular weight is 534 g/mol. The first-order valence-electron chi connectivity index (χ1n) is 11.2. The van der Waals surface area contributed by atoms with Gasteiger partial charge in [0, 0.05) is 13.0 Å². The lowest BCUT2D eigenvalue weighted by Crippen LogP contribution is -2.31. The van der Waals surface area contributed by atoms with E-state index in [4.69, 9.17) is 12.2 Å².